The van der Waals surface area contributed by atoms with E-state index in [1.807, 2.05) is 0 Å². The van der Waals surface area contributed by atoms with Crippen LogP contribution in [0.5, 0.6) is 5.75 Å². The lowest BCUT2D eigenvalue weighted by molar-refractivity contribution is 0.270. The van der Waals surface area contributed by atoms with Gasteiger partial charge in [0.15, 0.2) is 11.6 Å². The number of hydrogen-bond donors (Lipinski definition) is 1. The summed E-state index contributed by atoms with van der Waals surface area (Å²) in [6.07, 6.45) is 1.92. The van der Waals surface area contributed by atoms with Crippen LogP contribution in [0, 0.1) is 11.7 Å². The molecule has 0 fully saturated rings. The van der Waals surface area contributed by atoms with Gasteiger partial charge < -0.3 is 4.74 Å². The number of halogens is 2. The van der Waals surface area contributed by atoms with Crippen LogP contribution in [0.3, 0.4) is 0 Å². The number of para-hydroxylation sites is 1. The molecule has 0 heterocycles. The highest BCUT2D eigenvalue weighted by atomic mass is 35.5. The molecule has 1 rings (SSSR count). The fraction of sp³-hybridized carbons (Fsp3) is 0.500. The van der Waals surface area contributed by atoms with Crippen molar-refractivity contribution in [3.05, 3.63) is 29.0 Å². The van der Waals surface area contributed by atoms with Crippen LogP contribution in [-0.2, 0) is 0 Å². The van der Waals surface area contributed by atoms with Crippen molar-refractivity contribution in [1.82, 2.24) is 0 Å². The number of benzene rings is 1. The van der Waals surface area contributed by atoms with E-state index in [0.29, 0.717) is 17.5 Å². The first-order valence-electron chi connectivity index (χ1n) is 5.32. The van der Waals surface area contributed by atoms with Gasteiger partial charge in [-0.15, -0.1) is 0 Å². The average molecular weight is 263 g/mol. The van der Waals surface area contributed by atoms with Gasteiger partial charge in [-0.1, -0.05) is 24.6 Å². The second kappa shape index (κ2) is 7.02. The second-order valence-electron chi connectivity index (χ2n) is 3.81. The van der Waals surface area contributed by atoms with Crippen LogP contribution in [0.15, 0.2) is 18.2 Å². The molecule has 0 aliphatic heterocycles. The van der Waals surface area contributed by atoms with Gasteiger partial charge in [0.25, 0.3) is 0 Å². The SMILES string of the molecule is CC(CCS)CCOc1c(F)cccc1Cl. The van der Waals surface area contributed by atoms with E-state index in [1.165, 1.54) is 6.07 Å². The Kier molecular flexibility index (Phi) is 5.99. The largest absolute Gasteiger partial charge is 0.489 e. The van der Waals surface area contributed by atoms with E-state index in [9.17, 15) is 4.39 Å². The third kappa shape index (κ3) is 4.22. The fourth-order valence-electron chi connectivity index (χ4n) is 1.35. The molecule has 90 valence electrons. The predicted molar refractivity (Wildman–Crippen MR) is 69.2 cm³/mol. The summed E-state index contributed by atoms with van der Waals surface area (Å²) in [5.41, 5.74) is 0. The summed E-state index contributed by atoms with van der Waals surface area (Å²) in [7, 11) is 0. The molecule has 0 aliphatic rings. The van der Waals surface area contributed by atoms with E-state index >= 15 is 0 Å². The molecule has 1 atom stereocenters. The first kappa shape index (κ1) is 13.7. The quantitative estimate of drug-likeness (QED) is 0.756. The van der Waals surface area contributed by atoms with Crippen LogP contribution in [0.2, 0.25) is 5.02 Å². The maximum atomic E-state index is 13.3. The topological polar surface area (TPSA) is 9.23 Å². The number of rotatable bonds is 6. The first-order valence-corrected chi connectivity index (χ1v) is 6.34. The van der Waals surface area contributed by atoms with Gasteiger partial charge in [0.1, 0.15) is 0 Å². The van der Waals surface area contributed by atoms with Crippen molar-refractivity contribution in [3.8, 4) is 5.75 Å². The molecule has 0 spiro atoms. The first-order chi connectivity index (χ1) is 7.65. The van der Waals surface area contributed by atoms with Crippen molar-refractivity contribution in [2.24, 2.45) is 5.92 Å². The van der Waals surface area contributed by atoms with Crippen molar-refractivity contribution in [3.63, 3.8) is 0 Å². The Hall–Kier alpha value is -0.410. The predicted octanol–water partition coefficient (Wildman–Crippen LogP) is 4.20. The summed E-state index contributed by atoms with van der Waals surface area (Å²) in [5.74, 6) is 1.14. The molecule has 0 amide bonds. The molecule has 1 aromatic rings. The second-order valence-corrected chi connectivity index (χ2v) is 4.66. The van der Waals surface area contributed by atoms with Gasteiger partial charge in [-0.25, -0.2) is 4.39 Å². The standard InChI is InChI=1S/C12H16ClFOS/c1-9(6-8-16)5-7-15-12-10(13)3-2-4-11(12)14/h2-4,9,16H,5-8H2,1H3. The number of thiol groups is 1. The molecule has 0 saturated heterocycles. The molecule has 0 bridgehead atoms. The molecule has 1 aromatic carbocycles. The molecule has 0 saturated carbocycles. The molecule has 0 aliphatic carbocycles. The summed E-state index contributed by atoms with van der Waals surface area (Å²) in [5, 5.41) is 0.321. The van der Waals surface area contributed by atoms with Crippen molar-refractivity contribution in [1.29, 1.82) is 0 Å². The lowest BCUT2D eigenvalue weighted by Gasteiger charge is -2.12. The van der Waals surface area contributed by atoms with Gasteiger partial charge in [0.05, 0.1) is 11.6 Å². The highest BCUT2D eigenvalue weighted by Gasteiger charge is 2.08. The van der Waals surface area contributed by atoms with Crippen molar-refractivity contribution >= 4 is 24.2 Å². The Labute approximate surface area is 106 Å². The molecule has 0 aromatic heterocycles. The van der Waals surface area contributed by atoms with E-state index in [-0.39, 0.29) is 5.75 Å². The monoisotopic (exact) mass is 262 g/mol. The fourth-order valence-corrected chi connectivity index (χ4v) is 2.01. The van der Waals surface area contributed by atoms with E-state index in [4.69, 9.17) is 16.3 Å². The van der Waals surface area contributed by atoms with Crippen LogP contribution in [0.4, 0.5) is 4.39 Å². The minimum Gasteiger partial charge on any atom is -0.489 e. The third-order valence-corrected chi connectivity index (χ3v) is 2.95. The van der Waals surface area contributed by atoms with Crippen molar-refractivity contribution < 1.29 is 9.13 Å². The average Bonchev–Trinajstić information content (AvgIpc) is 2.23. The van der Waals surface area contributed by atoms with Gasteiger partial charge in [0.2, 0.25) is 0 Å². The highest BCUT2D eigenvalue weighted by Crippen LogP contribution is 2.27. The zero-order valence-electron chi connectivity index (χ0n) is 9.25. The summed E-state index contributed by atoms with van der Waals surface area (Å²) >= 11 is 9.99. The molecule has 16 heavy (non-hydrogen) atoms. The Morgan fingerprint density at radius 3 is 2.81 bits per heavy atom. The lowest BCUT2D eigenvalue weighted by atomic mass is 10.1. The van der Waals surface area contributed by atoms with Crippen LogP contribution >= 0.6 is 24.2 Å². The van der Waals surface area contributed by atoms with Crippen LogP contribution in [0.25, 0.3) is 0 Å². The summed E-state index contributed by atoms with van der Waals surface area (Å²) in [6, 6.07) is 4.53. The lowest BCUT2D eigenvalue weighted by Crippen LogP contribution is -2.06. The number of ether oxygens (including phenoxy) is 1. The third-order valence-electron chi connectivity index (χ3n) is 2.40. The maximum absolute atomic E-state index is 13.3. The smallest absolute Gasteiger partial charge is 0.173 e. The summed E-state index contributed by atoms with van der Waals surface area (Å²) in [4.78, 5) is 0. The van der Waals surface area contributed by atoms with Crippen molar-refractivity contribution in [2.45, 2.75) is 19.8 Å². The van der Waals surface area contributed by atoms with Crippen LogP contribution < -0.4 is 4.74 Å². The minimum atomic E-state index is -0.408. The Bertz CT molecular complexity index is 313. The molecule has 1 nitrogen and oxygen atoms in total. The van der Waals surface area contributed by atoms with Gasteiger partial charge in [-0.05, 0) is 36.6 Å². The number of hydrogen-bond acceptors (Lipinski definition) is 2. The zero-order chi connectivity index (χ0) is 12.0. The molecular formula is C12H16ClFOS. The summed E-state index contributed by atoms with van der Waals surface area (Å²) < 4.78 is 18.7. The Morgan fingerprint density at radius 2 is 2.19 bits per heavy atom. The summed E-state index contributed by atoms with van der Waals surface area (Å²) in [6.45, 7) is 2.61. The molecular weight excluding hydrogens is 247 g/mol. The van der Waals surface area contributed by atoms with Gasteiger partial charge in [-0.2, -0.15) is 12.6 Å². The normalized spacial score (nSPS) is 12.5. The van der Waals surface area contributed by atoms with E-state index in [2.05, 4.69) is 19.6 Å². The highest BCUT2D eigenvalue weighted by molar-refractivity contribution is 7.80. The van der Waals surface area contributed by atoms with Gasteiger partial charge in [0, 0.05) is 0 Å². The molecule has 0 N–H and O–H groups in total. The molecule has 0 radical (unpaired) electrons. The van der Waals surface area contributed by atoms with E-state index in [1.54, 1.807) is 12.1 Å². The van der Waals surface area contributed by atoms with E-state index in [0.717, 1.165) is 18.6 Å². The Balaban J connectivity index is 2.43. The van der Waals surface area contributed by atoms with Crippen molar-refractivity contribution in [2.75, 3.05) is 12.4 Å². The van der Waals surface area contributed by atoms with Crippen LogP contribution in [-0.4, -0.2) is 12.4 Å². The Morgan fingerprint density at radius 1 is 1.44 bits per heavy atom. The van der Waals surface area contributed by atoms with Gasteiger partial charge in [-0.3, -0.25) is 0 Å². The maximum Gasteiger partial charge on any atom is 0.173 e. The molecule has 4 heteroatoms. The van der Waals surface area contributed by atoms with Gasteiger partial charge >= 0.3 is 0 Å². The zero-order valence-corrected chi connectivity index (χ0v) is 10.9. The minimum absolute atomic E-state index is 0.155. The van der Waals surface area contributed by atoms with Crippen LogP contribution in [0.1, 0.15) is 19.8 Å². The molecule has 1 unspecified atom stereocenters. The van der Waals surface area contributed by atoms with E-state index < -0.39 is 5.82 Å².